The van der Waals surface area contributed by atoms with Gasteiger partial charge in [0.2, 0.25) is 0 Å². The Kier molecular flexibility index (Phi) is 1.92. The van der Waals surface area contributed by atoms with Crippen molar-refractivity contribution in [2.24, 2.45) is 0 Å². The van der Waals surface area contributed by atoms with Crippen molar-refractivity contribution in [2.75, 3.05) is 13.3 Å². The van der Waals surface area contributed by atoms with Gasteiger partial charge in [0.15, 0.2) is 0 Å². The van der Waals surface area contributed by atoms with Crippen LogP contribution < -0.4 is 0 Å². The maximum absolute atomic E-state index is 11.2. The van der Waals surface area contributed by atoms with E-state index in [2.05, 4.69) is 0 Å². The summed E-state index contributed by atoms with van der Waals surface area (Å²) in [5, 5.41) is 0. The summed E-state index contributed by atoms with van der Waals surface area (Å²) in [5.74, 6) is 0. The minimum absolute atomic E-state index is 0.275. The molecule has 10 heavy (non-hydrogen) atoms. The average Bonchev–Trinajstić information content (AvgIpc) is 1.56. The van der Waals surface area contributed by atoms with E-state index in [9.17, 15) is 4.57 Å². The Labute approximate surface area is 61.2 Å². The molecule has 0 bridgehead atoms. The summed E-state index contributed by atoms with van der Waals surface area (Å²) in [7, 11) is -2.71. The highest BCUT2D eigenvalue weighted by Crippen LogP contribution is 2.51. The van der Waals surface area contributed by atoms with E-state index in [1.165, 1.54) is 6.66 Å². The third-order valence-corrected chi connectivity index (χ3v) is 2.92. The summed E-state index contributed by atoms with van der Waals surface area (Å²) < 4.78 is 21.3. The maximum Gasteiger partial charge on any atom is 0.328 e. The SMILES string of the molecule is CC1(C)CCOP(C)(=O)O1. The molecule has 1 atom stereocenters. The van der Waals surface area contributed by atoms with Crippen molar-refractivity contribution in [3.8, 4) is 0 Å². The van der Waals surface area contributed by atoms with Crippen molar-refractivity contribution < 1.29 is 13.6 Å². The van der Waals surface area contributed by atoms with Gasteiger partial charge in [-0.2, -0.15) is 0 Å². The van der Waals surface area contributed by atoms with E-state index in [4.69, 9.17) is 9.05 Å². The van der Waals surface area contributed by atoms with Crippen LogP contribution in [0.4, 0.5) is 0 Å². The topological polar surface area (TPSA) is 35.5 Å². The van der Waals surface area contributed by atoms with Gasteiger partial charge in [0.1, 0.15) is 0 Å². The van der Waals surface area contributed by atoms with Gasteiger partial charge in [-0.1, -0.05) is 0 Å². The van der Waals surface area contributed by atoms with Crippen LogP contribution in [0.25, 0.3) is 0 Å². The van der Waals surface area contributed by atoms with E-state index in [0.717, 1.165) is 6.42 Å². The van der Waals surface area contributed by atoms with Gasteiger partial charge in [0.25, 0.3) is 0 Å². The van der Waals surface area contributed by atoms with Crippen LogP contribution in [0, 0.1) is 0 Å². The molecule has 4 heteroatoms. The maximum atomic E-state index is 11.2. The van der Waals surface area contributed by atoms with E-state index >= 15 is 0 Å². The zero-order valence-corrected chi connectivity index (χ0v) is 7.48. The Morgan fingerprint density at radius 2 is 2.10 bits per heavy atom. The first-order chi connectivity index (χ1) is 4.41. The molecule has 3 nitrogen and oxygen atoms in total. The molecule has 1 fully saturated rings. The summed E-state index contributed by atoms with van der Waals surface area (Å²) >= 11 is 0. The number of hydrogen-bond acceptors (Lipinski definition) is 3. The molecule has 1 rings (SSSR count). The lowest BCUT2D eigenvalue weighted by atomic mass is 10.1. The van der Waals surface area contributed by atoms with Crippen LogP contribution in [0.3, 0.4) is 0 Å². The van der Waals surface area contributed by atoms with Gasteiger partial charge >= 0.3 is 7.60 Å². The summed E-state index contributed by atoms with van der Waals surface area (Å²) in [6, 6.07) is 0. The van der Waals surface area contributed by atoms with E-state index < -0.39 is 7.60 Å². The lowest BCUT2D eigenvalue weighted by Gasteiger charge is -2.33. The third-order valence-electron chi connectivity index (χ3n) is 1.44. The molecule has 1 aliphatic heterocycles. The molecular weight excluding hydrogens is 151 g/mol. The van der Waals surface area contributed by atoms with Crippen LogP contribution in [0.15, 0.2) is 0 Å². The van der Waals surface area contributed by atoms with Crippen molar-refractivity contribution in [3.05, 3.63) is 0 Å². The normalized spacial score (nSPS) is 39.5. The molecule has 0 amide bonds. The minimum atomic E-state index is -2.71. The lowest BCUT2D eigenvalue weighted by molar-refractivity contribution is 0.0218. The highest BCUT2D eigenvalue weighted by Gasteiger charge is 2.33. The standard InChI is InChI=1S/C6H13O3P/c1-6(2)4-5-8-10(3,7)9-6/h4-5H2,1-3H3. The highest BCUT2D eigenvalue weighted by atomic mass is 31.2. The van der Waals surface area contributed by atoms with Gasteiger partial charge < -0.3 is 9.05 Å². The van der Waals surface area contributed by atoms with Crippen LogP contribution in [-0.2, 0) is 13.6 Å². The molecule has 0 saturated carbocycles. The molecule has 1 heterocycles. The molecule has 0 radical (unpaired) electrons. The minimum Gasteiger partial charge on any atom is -0.309 e. The van der Waals surface area contributed by atoms with Gasteiger partial charge in [-0.05, 0) is 13.8 Å². The van der Waals surface area contributed by atoms with Crippen LogP contribution in [-0.4, -0.2) is 18.9 Å². The molecule has 60 valence electrons. The molecule has 0 N–H and O–H groups in total. The van der Waals surface area contributed by atoms with Crippen LogP contribution >= 0.6 is 7.60 Å². The molecule has 1 saturated heterocycles. The number of rotatable bonds is 0. The monoisotopic (exact) mass is 164 g/mol. The Hall–Kier alpha value is 0.150. The van der Waals surface area contributed by atoms with Gasteiger partial charge in [0, 0.05) is 13.1 Å². The van der Waals surface area contributed by atoms with Gasteiger partial charge in [0.05, 0.1) is 12.2 Å². The third kappa shape index (κ3) is 2.08. The fourth-order valence-electron chi connectivity index (χ4n) is 0.978. The van der Waals surface area contributed by atoms with Crippen molar-refractivity contribution in [2.45, 2.75) is 25.9 Å². The molecule has 1 aliphatic rings. The van der Waals surface area contributed by atoms with Crippen LogP contribution in [0.1, 0.15) is 20.3 Å². The highest BCUT2D eigenvalue weighted by molar-refractivity contribution is 7.53. The Bertz CT molecular complexity index is 176. The van der Waals surface area contributed by atoms with Crippen molar-refractivity contribution in [1.82, 2.24) is 0 Å². The Morgan fingerprint density at radius 3 is 2.40 bits per heavy atom. The van der Waals surface area contributed by atoms with E-state index in [1.54, 1.807) is 0 Å². The van der Waals surface area contributed by atoms with E-state index in [-0.39, 0.29) is 5.60 Å². The zero-order chi connectivity index (χ0) is 7.83. The average molecular weight is 164 g/mol. The second-order valence-corrected chi connectivity index (χ2v) is 5.19. The summed E-state index contributed by atoms with van der Waals surface area (Å²) in [5.41, 5.74) is -0.275. The first-order valence-corrected chi connectivity index (χ1v) is 5.33. The fourth-order valence-corrected chi connectivity index (χ4v) is 2.44. The van der Waals surface area contributed by atoms with E-state index in [0.29, 0.717) is 6.61 Å². The molecular formula is C6H13O3P. The van der Waals surface area contributed by atoms with Crippen molar-refractivity contribution in [3.63, 3.8) is 0 Å². The van der Waals surface area contributed by atoms with Crippen molar-refractivity contribution >= 4 is 7.60 Å². The van der Waals surface area contributed by atoms with Gasteiger partial charge in [-0.3, -0.25) is 4.57 Å². The molecule has 0 aromatic rings. The molecule has 0 spiro atoms. The second kappa shape index (κ2) is 2.33. The van der Waals surface area contributed by atoms with Crippen LogP contribution in [0.5, 0.6) is 0 Å². The first kappa shape index (κ1) is 8.25. The van der Waals surface area contributed by atoms with E-state index in [1.807, 2.05) is 13.8 Å². The number of hydrogen-bond donors (Lipinski definition) is 0. The molecule has 0 aliphatic carbocycles. The Morgan fingerprint density at radius 1 is 1.50 bits per heavy atom. The summed E-state index contributed by atoms with van der Waals surface area (Å²) in [6.45, 7) is 5.89. The fraction of sp³-hybridized carbons (Fsp3) is 1.00. The zero-order valence-electron chi connectivity index (χ0n) is 6.59. The largest absolute Gasteiger partial charge is 0.328 e. The summed E-state index contributed by atoms with van der Waals surface area (Å²) in [4.78, 5) is 0. The molecule has 1 unspecified atom stereocenters. The molecule has 0 aromatic heterocycles. The van der Waals surface area contributed by atoms with Crippen LogP contribution in [0.2, 0.25) is 0 Å². The van der Waals surface area contributed by atoms with Gasteiger partial charge in [-0.25, -0.2) is 0 Å². The smallest absolute Gasteiger partial charge is 0.309 e. The second-order valence-electron chi connectivity index (χ2n) is 3.21. The predicted molar refractivity (Wildman–Crippen MR) is 39.3 cm³/mol. The van der Waals surface area contributed by atoms with Gasteiger partial charge in [-0.15, -0.1) is 0 Å². The predicted octanol–water partition coefficient (Wildman–Crippen LogP) is 2.02. The Balaban J connectivity index is 2.66. The first-order valence-electron chi connectivity index (χ1n) is 3.34. The lowest BCUT2D eigenvalue weighted by Crippen LogP contribution is -2.29. The van der Waals surface area contributed by atoms with Crippen molar-refractivity contribution in [1.29, 1.82) is 0 Å². The summed E-state index contributed by atoms with van der Waals surface area (Å²) in [6.07, 6.45) is 0.810. The quantitative estimate of drug-likeness (QED) is 0.514. The molecule has 0 aromatic carbocycles.